The Hall–Kier alpha value is -0.610. The van der Waals surface area contributed by atoms with Crippen LogP contribution in [-0.2, 0) is 9.53 Å². The average molecular weight is 254 g/mol. The zero-order chi connectivity index (χ0) is 13.0. The van der Waals surface area contributed by atoms with Crippen molar-refractivity contribution in [1.29, 1.82) is 0 Å². The Balaban J connectivity index is 1.79. The van der Waals surface area contributed by atoms with E-state index in [1.807, 2.05) is 0 Å². The Morgan fingerprint density at radius 2 is 2.22 bits per heavy atom. The van der Waals surface area contributed by atoms with Gasteiger partial charge < -0.3 is 15.0 Å². The van der Waals surface area contributed by atoms with E-state index in [9.17, 15) is 4.79 Å². The number of hydrogen-bond acceptors (Lipinski definition) is 4. The molecule has 1 saturated carbocycles. The van der Waals surface area contributed by atoms with Gasteiger partial charge in [-0.05, 0) is 38.1 Å². The highest BCUT2D eigenvalue weighted by Crippen LogP contribution is 2.23. The summed E-state index contributed by atoms with van der Waals surface area (Å²) in [7, 11) is 1.48. The summed E-state index contributed by atoms with van der Waals surface area (Å²) in [6.07, 6.45) is 6.26. The van der Waals surface area contributed by atoms with Gasteiger partial charge in [-0.3, -0.25) is 4.79 Å². The van der Waals surface area contributed by atoms with Gasteiger partial charge in [0.15, 0.2) is 0 Å². The van der Waals surface area contributed by atoms with Crippen LogP contribution < -0.4 is 5.32 Å². The number of ether oxygens (including phenoxy) is 1. The van der Waals surface area contributed by atoms with Gasteiger partial charge in [0.25, 0.3) is 0 Å². The van der Waals surface area contributed by atoms with Crippen LogP contribution in [0, 0.1) is 5.92 Å². The molecule has 1 aliphatic heterocycles. The van der Waals surface area contributed by atoms with E-state index in [0.29, 0.717) is 6.04 Å². The highest BCUT2D eigenvalue weighted by molar-refractivity contribution is 5.76. The molecule has 0 aromatic rings. The SMILES string of the molecule is CCCC1CCN(CC(NC2CC2)C(=O)OC)C1. The second-order valence-electron chi connectivity index (χ2n) is 5.72. The van der Waals surface area contributed by atoms with Gasteiger partial charge in [0.05, 0.1) is 7.11 Å². The van der Waals surface area contributed by atoms with Crippen LogP contribution in [-0.4, -0.2) is 49.7 Å². The Morgan fingerprint density at radius 1 is 1.44 bits per heavy atom. The zero-order valence-corrected chi connectivity index (χ0v) is 11.7. The van der Waals surface area contributed by atoms with Crippen molar-refractivity contribution >= 4 is 5.97 Å². The molecule has 0 radical (unpaired) electrons. The zero-order valence-electron chi connectivity index (χ0n) is 11.7. The summed E-state index contributed by atoms with van der Waals surface area (Å²) in [4.78, 5) is 14.2. The second-order valence-corrected chi connectivity index (χ2v) is 5.72. The van der Waals surface area contributed by atoms with Gasteiger partial charge in [-0.15, -0.1) is 0 Å². The lowest BCUT2D eigenvalue weighted by Crippen LogP contribution is -2.47. The van der Waals surface area contributed by atoms with Gasteiger partial charge in [0.1, 0.15) is 6.04 Å². The molecule has 4 heteroatoms. The maximum atomic E-state index is 11.8. The van der Waals surface area contributed by atoms with Crippen molar-refractivity contribution in [3.8, 4) is 0 Å². The Kier molecular flexibility index (Phi) is 5.01. The molecule has 1 heterocycles. The van der Waals surface area contributed by atoms with E-state index < -0.39 is 0 Å². The fraction of sp³-hybridized carbons (Fsp3) is 0.929. The van der Waals surface area contributed by atoms with Crippen LogP contribution in [0.4, 0.5) is 0 Å². The minimum Gasteiger partial charge on any atom is -0.468 e. The van der Waals surface area contributed by atoms with Crippen molar-refractivity contribution in [3.63, 3.8) is 0 Å². The number of nitrogens with zero attached hydrogens (tertiary/aromatic N) is 1. The molecule has 1 saturated heterocycles. The van der Waals surface area contributed by atoms with Crippen LogP contribution in [0.5, 0.6) is 0 Å². The lowest BCUT2D eigenvalue weighted by atomic mass is 10.0. The van der Waals surface area contributed by atoms with E-state index in [2.05, 4.69) is 17.1 Å². The van der Waals surface area contributed by atoms with Crippen molar-refractivity contribution in [2.45, 2.75) is 51.1 Å². The van der Waals surface area contributed by atoms with Crippen LogP contribution in [0.3, 0.4) is 0 Å². The fourth-order valence-corrected chi connectivity index (χ4v) is 2.85. The third-order valence-electron chi connectivity index (χ3n) is 4.01. The molecule has 0 bridgehead atoms. The smallest absolute Gasteiger partial charge is 0.324 e. The maximum absolute atomic E-state index is 11.8. The lowest BCUT2D eigenvalue weighted by molar-refractivity contribution is -0.143. The largest absolute Gasteiger partial charge is 0.468 e. The average Bonchev–Trinajstić information content (AvgIpc) is 3.08. The van der Waals surface area contributed by atoms with Gasteiger partial charge >= 0.3 is 5.97 Å². The van der Waals surface area contributed by atoms with Crippen LogP contribution in [0.25, 0.3) is 0 Å². The van der Waals surface area contributed by atoms with Crippen molar-refractivity contribution < 1.29 is 9.53 Å². The van der Waals surface area contributed by atoms with Crippen molar-refractivity contribution in [2.24, 2.45) is 5.92 Å². The summed E-state index contributed by atoms with van der Waals surface area (Å²) in [5, 5.41) is 3.40. The topological polar surface area (TPSA) is 41.6 Å². The normalized spacial score (nSPS) is 26.2. The minimum atomic E-state index is -0.136. The maximum Gasteiger partial charge on any atom is 0.324 e. The number of methoxy groups -OCH3 is 1. The standard InChI is InChI=1S/C14H26N2O2/c1-3-4-11-7-8-16(9-11)10-13(14(17)18-2)15-12-5-6-12/h11-13,15H,3-10H2,1-2H3. The molecule has 0 aromatic heterocycles. The van der Waals surface area contributed by atoms with E-state index >= 15 is 0 Å². The van der Waals surface area contributed by atoms with Crippen LogP contribution in [0.15, 0.2) is 0 Å². The van der Waals surface area contributed by atoms with E-state index in [1.54, 1.807) is 0 Å². The molecule has 0 aromatic carbocycles. The molecular formula is C14H26N2O2. The number of carbonyl (C=O) groups excluding carboxylic acids is 1. The molecule has 0 amide bonds. The highest BCUT2D eigenvalue weighted by atomic mass is 16.5. The fourth-order valence-electron chi connectivity index (χ4n) is 2.85. The first-order valence-electron chi connectivity index (χ1n) is 7.29. The molecule has 4 nitrogen and oxygen atoms in total. The molecule has 1 N–H and O–H groups in total. The molecule has 2 fully saturated rings. The van der Waals surface area contributed by atoms with Crippen LogP contribution >= 0.6 is 0 Å². The van der Waals surface area contributed by atoms with Gasteiger partial charge in [0.2, 0.25) is 0 Å². The molecule has 104 valence electrons. The summed E-state index contributed by atoms with van der Waals surface area (Å²) in [6.45, 7) is 5.33. The van der Waals surface area contributed by atoms with Crippen molar-refractivity contribution in [1.82, 2.24) is 10.2 Å². The quantitative estimate of drug-likeness (QED) is 0.697. The van der Waals surface area contributed by atoms with Gasteiger partial charge in [-0.2, -0.15) is 0 Å². The molecule has 2 rings (SSSR count). The third-order valence-corrected chi connectivity index (χ3v) is 4.01. The summed E-state index contributed by atoms with van der Waals surface area (Å²) >= 11 is 0. The summed E-state index contributed by atoms with van der Waals surface area (Å²) < 4.78 is 4.90. The van der Waals surface area contributed by atoms with Gasteiger partial charge in [-0.1, -0.05) is 13.3 Å². The number of rotatable bonds is 7. The molecule has 0 spiro atoms. The summed E-state index contributed by atoms with van der Waals surface area (Å²) in [6, 6.07) is 0.408. The molecular weight excluding hydrogens is 228 g/mol. The highest BCUT2D eigenvalue weighted by Gasteiger charge is 2.32. The predicted octanol–water partition coefficient (Wildman–Crippen LogP) is 1.40. The molecule has 2 aliphatic rings. The molecule has 18 heavy (non-hydrogen) atoms. The van der Waals surface area contributed by atoms with E-state index in [-0.39, 0.29) is 12.0 Å². The number of nitrogens with one attached hydrogen (secondary N) is 1. The summed E-state index contributed by atoms with van der Waals surface area (Å²) in [5.74, 6) is 0.718. The Bertz CT molecular complexity index is 279. The van der Waals surface area contributed by atoms with Crippen LogP contribution in [0.1, 0.15) is 39.0 Å². The minimum absolute atomic E-state index is 0.110. The van der Waals surface area contributed by atoms with Gasteiger partial charge in [-0.25, -0.2) is 0 Å². The number of esters is 1. The van der Waals surface area contributed by atoms with Crippen LogP contribution in [0.2, 0.25) is 0 Å². The second kappa shape index (κ2) is 6.53. The Labute approximate surface area is 110 Å². The third kappa shape index (κ3) is 3.95. The number of hydrogen-bond donors (Lipinski definition) is 1. The Morgan fingerprint density at radius 3 is 2.83 bits per heavy atom. The first kappa shape index (κ1) is 13.8. The molecule has 2 unspecified atom stereocenters. The predicted molar refractivity (Wildman–Crippen MR) is 71.4 cm³/mol. The monoisotopic (exact) mass is 254 g/mol. The number of likely N-dealkylation sites (tertiary alicyclic amines) is 1. The molecule has 1 aliphatic carbocycles. The first-order valence-corrected chi connectivity index (χ1v) is 7.29. The summed E-state index contributed by atoms with van der Waals surface area (Å²) in [5.41, 5.74) is 0. The van der Waals surface area contributed by atoms with E-state index in [0.717, 1.165) is 25.6 Å². The lowest BCUT2D eigenvalue weighted by Gasteiger charge is -2.23. The van der Waals surface area contributed by atoms with E-state index in [1.165, 1.54) is 39.2 Å². The first-order chi connectivity index (χ1) is 8.72. The van der Waals surface area contributed by atoms with Crippen molar-refractivity contribution in [2.75, 3.05) is 26.7 Å². The number of carbonyl (C=O) groups is 1. The van der Waals surface area contributed by atoms with Crippen molar-refractivity contribution in [3.05, 3.63) is 0 Å². The molecule has 2 atom stereocenters. The van der Waals surface area contributed by atoms with Gasteiger partial charge in [0, 0.05) is 19.1 Å². The van der Waals surface area contributed by atoms with E-state index in [4.69, 9.17) is 4.74 Å².